The van der Waals surface area contributed by atoms with E-state index in [1.165, 1.54) is 18.2 Å². The van der Waals surface area contributed by atoms with Crippen molar-refractivity contribution in [1.29, 1.82) is 0 Å². The molecule has 0 aliphatic carbocycles. The fourth-order valence-electron chi connectivity index (χ4n) is 1.67. The molecule has 0 aliphatic rings. The second-order valence-electron chi connectivity index (χ2n) is 3.84. The SMILES string of the molecule is Cl.O=C(O)C(Nc1ccccc1)c1cccc(F)c1. The van der Waals surface area contributed by atoms with Gasteiger partial charge in [-0.15, -0.1) is 12.4 Å². The summed E-state index contributed by atoms with van der Waals surface area (Å²) in [6.07, 6.45) is 0. The minimum atomic E-state index is -1.05. The molecule has 0 aliphatic heterocycles. The van der Waals surface area contributed by atoms with Crippen molar-refractivity contribution in [2.24, 2.45) is 0 Å². The first-order chi connectivity index (χ1) is 8.66. The lowest BCUT2D eigenvalue weighted by atomic mass is 10.1. The third-order valence-corrected chi connectivity index (χ3v) is 2.51. The van der Waals surface area contributed by atoms with Gasteiger partial charge >= 0.3 is 5.97 Å². The van der Waals surface area contributed by atoms with Gasteiger partial charge in [0.1, 0.15) is 5.82 Å². The van der Waals surface area contributed by atoms with Crippen LogP contribution in [0.5, 0.6) is 0 Å². The van der Waals surface area contributed by atoms with Gasteiger partial charge in [-0.25, -0.2) is 9.18 Å². The van der Waals surface area contributed by atoms with E-state index in [0.717, 1.165) is 0 Å². The molecule has 0 radical (unpaired) electrons. The van der Waals surface area contributed by atoms with Crippen molar-refractivity contribution in [3.05, 3.63) is 66.0 Å². The number of carboxylic acid groups (broad SMARTS) is 1. The zero-order chi connectivity index (χ0) is 13.0. The number of anilines is 1. The van der Waals surface area contributed by atoms with Crippen LogP contribution >= 0.6 is 12.4 Å². The van der Waals surface area contributed by atoms with Crippen molar-refractivity contribution in [1.82, 2.24) is 0 Å². The van der Waals surface area contributed by atoms with Gasteiger partial charge in [0.2, 0.25) is 0 Å². The third-order valence-electron chi connectivity index (χ3n) is 2.51. The quantitative estimate of drug-likeness (QED) is 0.902. The zero-order valence-corrected chi connectivity index (χ0v) is 10.7. The molecular weight excluding hydrogens is 269 g/mol. The second-order valence-corrected chi connectivity index (χ2v) is 3.84. The van der Waals surface area contributed by atoms with Crippen LogP contribution in [0.3, 0.4) is 0 Å². The van der Waals surface area contributed by atoms with Gasteiger partial charge in [0, 0.05) is 5.69 Å². The molecule has 0 heterocycles. The Bertz CT molecular complexity index is 548. The van der Waals surface area contributed by atoms with Gasteiger partial charge in [-0.2, -0.15) is 0 Å². The Morgan fingerprint density at radius 2 is 1.79 bits per heavy atom. The molecule has 0 fully saturated rings. The van der Waals surface area contributed by atoms with E-state index in [4.69, 9.17) is 0 Å². The lowest BCUT2D eigenvalue weighted by Crippen LogP contribution is -2.20. The summed E-state index contributed by atoms with van der Waals surface area (Å²) in [5, 5.41) is 12.0. The summed E-state index contributed by atoms with van der Waals surface area (Å²) < 4.78 is 13.1. The summed E-state index contributed by atoms with van der Waals surface area (Å²) in [6, 6.07) is 13.6. The summed E-state index contributed by atoms with van der Waals surface area (Å²) in [5.41, 5.74) is 1.06. The Kier molecular flexibility index (Phi) is 5.33. The van der Waals surface area contributed by atoms with E-state index in [0.29, 0.717) is 11.3 Å². The first-order valence-corrected chi connectivity index (χ1v) is 5.46. The molecule has 0 spiro atoms. The Labute approximate surface area is 116 Å². The molecule has 0 amide bonds. The lowest BCUT2D eigenvalue weighted by Gasteiger charge is -2.16. The molecule has 1 atom stereocenters. The van der Waals surface area contributed by atoms with Gasteiger partial charge in [-0.1, -0.05) is 30.3 Å². The van der Waals surface area contributed by atoms with E-state index < -0.39 is 17.8 Å². The number of benzene rings is 2. The van der Waals surface area contributed by atoms with E-state index in [9.17, 15) is 14.3 Å². The summed E-state index contributed by atoms with van der Waals surface area (Å²) in [5.74, 6) is -1.50. The summed E-state index contributed by atoms with van der Waals surface area (Å²) in [7, 11) is 0. The topological polar surface area (TPSA) is 49.3 Å². The first kappa shape index (κ1) is 15.0. The molecule has 2 aromatic carbocycles. The van der Waals surface area contributed by atoms with Crippen LogP contribution in [0.4, 0.5) is 10.1 Å². The van der Waals surface area contributed by atoms with Crippen molar-refractivity contribution < 1.29 is 14.3 Å². The molecule has 0 saturated heterocycles. The van der Waals surface area contributed by atoms with Gasteiger partial charge < -0.3 is 10.4 Å². The number of hydrogen-bond donors (Lipinski definition) is 2. The normalized spacial score (nSPS) is 11.2. The molecule has 0 saturated carbocycles. The maximum absolute atomic E-state index is 13.1. The largest absolute Gasteiger partial charge is 0.479 e. The van der Waals surface area contributed by atoms with E-state index in [1.807, 2.05) is 6.07 Å². The maximum atomic E-state index is 13.1. The van der Waals surface area contributed by atoms with E-state index in [-0.39, 0.29) is 12.4 Å². The summed E-state index contributed by atoms with van der Waals surface area (Å²) >= 11 is 0. The monoisotopic (exact) mass is 281 g/mol. The molecule has 19 heavy (non-hydrogen) atoms. The highest BCUT2D eigenvalue weighted by Gasteiger charge is 2.19. The van der Waals surface area contributed by atoms with Crippen LogP contribution in [0.1, 0.15) is 11.6 Å². The van der Waals surface area contributed by atoms with Crippen LogP contribution in [-0.4, -0.2) is 11.1 Å². The molecule has 2 aromatic rings. The van der Waals surface area contributed by atoms with Crippen LogP contribution in [0, 0.1) is 5.82 Å². The number of aliphatic carboxylic acids is 1. The fourth-order valence-corrected chi connectivity index (χ4v) is 1.67. The van der Waals surface area contributed by atoms with Gasteiger partial charge in [0.05, 0.1) is 0 Å². The molecule has 1 unspecified atom stereocenters. The number of nitrogens with one attached hydrogen (secondary N) is 1. The van der Waals surface area contributed by atoms with Crippen LogP contribution in [0.15, 0.2) is 54.6 Å². The standard InChI is InChI=1S/C14H12FNO2.ClH/c15-11-6-4-5-10(9-11)13(14(17)18)16-12-7-2-1-3-8-12;/h1-9,13,16H,(H,17,18);1H. The first-order valence-electron chi connectivity index (χ1n) is 5.46. The maximum Gasteiger partial charge on any atom is 0.330 e. The van der Waals surface area contributed by atoms with Crippen molar-refractivity contribution in [3.8, 4) is 0 Å². The van der Waals surface area contributed by atoms with E-state index >= 15 is 0 Å². The van der Waals surface area contributed by atoms with Crippen LogP contribution in [-0.2, 0) is 4.79 Å². The Morgan fingerprint density at radius 1 is 1.11 bits per heavy atom. The highest BCUT2D eigenvalue weighted by atomic mass is 35.5. The van der Waals surface area contributed by atoms with E-state index in [1.54, 1.807) is 30.3 Å². The van der Waals surface area contributed by atoms with Gasteiger partial charge in [0.15, 0.2) is 6.04 Å². The number of para-hydroxylation sites is 1. The van der Waals surface area contributed by atoms with Crippen molar-refractivity contribution in [2.45, 2.75) is 6.04 Å². The van der Waals surface area contributed by atoms with Gasteiger partial charge in [-0.3, -0.25) is 0 Å². The average Bonchev–Trinajstić information content (AvgIpc) is 2.37. The van der Waals surface area contributed by atoms with Gasteiger partial charge in [-0.05, 0) is 29.8 Å². The summed E-state index contributed by atoms with van der Waals surface area (Å²) in [6.45, 7) is 0. The number of halogens is 2. The van der Waals surface area contributed by atoms with Crippen LogP contribution in [0.2, 0.25) is 0 Å². The average molecular weight is 282 g/mol. The number of rotatable bonds is 4. The fraction of sp³-hybridized carbons (Fsp3) is 0.0714. The minimum Gasteiger partial charge on any atom is -0.479 e. The molecule has 0 aromatic heterocycles. The second kappa shape index (κ2) is 6.75. The van der Waals surface area contributed by atoms with Crippen molar-refractivity contribution >= 4 is 24.1 Å². The predicted molar refractivity (Wildman–Crippen MR) is 74.1 cm³/mol. The molecule has 100 valence electrons. The Morgan fingerprint density at radius 3 is 2.37 bits per heavy atom. The van der Waals surface area contributed by atoms with Crippen LogP contribution in [0.25, 0.3) is 0 Å². The van der Waals surface area contributed by atoms with Gasteiger partial charge in [0.25, 0.3) is 0 Å². The highest BCUT2D eigenvalue weighted by molar-refractivity contribution is 5.85. The lowest BCUT2D eigenvalue weighted by molar-refractivity contribution is -0.138. The van der Waals surface area contributed by atoms with Crippen molar-refractivity contribution in [3.63, 3.8) is 0 Å². The smallest absolute Gasteiger partial charge is 0.330 e. The molecule has 0 bridgehead atoms. The molecule has 2 N–H and O–H groups in total. The summed E-state index contributed by atoms with van der Waals surface area (Å²) in [4.78, 5) is 11.2. The highest BCUT2D eigenvalue weighted by Crippen LogP contribution is 2.20. The molecule has 5 heteroatoms. The minimum absolute atomic E-state index is 0. The Hall–Kier alpha value is -2.07. The Balaban J connectivity index is 0.00000180. The molecule has 2 rings (SSSR count). The number of carbonyl (C=O) groups is 1. The molecule has 3 nitrogen and oxygen atoms in total. The van der Waals surface area contributed by atoms with Crippen molar-refractivity contribution in [2.75, 3.05) is 5.32 Å². The zero-order valence-electron chi connectivity index (χ0n) is 9.92. The number of hydrogen-bond acceptors (Lipinski definition) is 2. The van der Waals surface area contributed by atoms with E-state index in [2.05, 4.69) is 5.32 Å². The third kappa shape index (κ3) is 3.96. The number of carboxylic acids is 1. The predicted octanol–water partition coefficient (Wildman–Crippen LogP) is 3.49. The molecular formula is C14H13ClFNO2. The van der Waals surface area contributed by atoms with Crippen LogP contribution < -0.4 is 5.32 Å².